The van der Waals surface area contributed by atoms with Crippen LogP contribution in [0.4, 0.5) is 0 Å². The van der Waals surface area contributed by atoms with Gasteiger partial charge in [0.05, 0.1) is 5.52 Å². The van der Waals surface area contributed by atoms with E-state index in [4.69, 9.17) is 21.3 Å². The number of halogens is 1. The molecule has 0 N–H and O–H groups in total. The van der Waals surface area contributed by atoms with Crippen LogP contribution in [0.1, 0.15) is 24.3 Å². The Balaban J connectivity index is 1.57. The highest BCUT2D eigenvalue weighted by Gasteiger charge is 2.32. The Kier molecular flexibility index (Phi) is 4.84. The number of aromatic nitrogens is 1. The van der Waals surface area contributed by atoms with Gasteiger partial charge in [-0.2, -0.15) is 0 Å². The van der Waals surface area contributed by atoms with E-state index in [0.717, 1.165) is 34.1 Å². The van der Waals surface area contributed by atoms with Crippen LogP contribution in [0.3, 0.4) is 0 Å². The number of nitrogens with zero attached hydrogens (tertiary/aromatic N) is 2. The van der Waals surface area contributed by atoms with Crippen molar-refractivity contribution < 1.29 is 4.74 Å². The number of rotatable bonds is 5. The molecule has 2 aromatic carbocycles. The molecule has 1 heterocycles. The van der Waals surface area contributed by atoms with E-state index in [0.29, 0.717) is 11.8 Å². The Bertz CT molecular complexity index is 905. The normalized spacial score (nSPS) is 19.5. The van der Waals surface area contributed by atoms with E-state index >= 15 is 0 Å². The van der Waals surface area contributed by atoms with E-state index in [1.54, 1.807) is 0 Å². The molecule has 1 aromatic heterocycles. The summed E-state index contributed by atoms with van der Waals surface area (Å²) in [7, 11) is 4.27. The number of hydrogen-bond donors (Lipinski definition) is 0. The molecule has 1 aliphatic carbocycles. The fraction of sp³-hybridized carbons (Fsp3) is 0.318. The summed E-state index contributed by atoms with van der Waals surface area (Å²) in [5.41, 5.74) is 2.16. The lowest BCUT2D eigenvalue weighted by Gasteiger charge is -2.37. The van der Waals surface area contributed by atoms with E-state index < -0.39 is 0 Å². The molecule has 4 heteroatoms. The molecule has 134 valence electrons. The lowest BCUT2D eigenvalue weighted by Crippen LogP contribution is -2.31. The van der Waals surface area contributed by atoms with Crippen LogP contribution in [0, 0.1) is 5.92 Å². The molecule has 0 radical (unpaired) electrons. The number of hydrogen-bond acceptors (Lipinski definition) is 3. The minimum absolute atomic E-state index is 0.539. The summed E-state index contributed by atoms with van der Waals surface area (Å²) in [6, 6.07) is 17.8. The largest absolute Gasteiger partial charge is 0.439 e. The van der Waals surface area contributed by atoms with Gasteiger partial charge in [0.2, 0.25) is 5.88 Å². The van der Waals surface area contributed by atoms with Crippen LogP contribution in [0.25, 0.3) is 10.9 Å². The van der Waals surface area contributed by atoms with Crippen molar-refractivity contribution >= 4 is 22.5 Å². The maximum Gasteiger partial charge on any atom is 0.219 e. The average Bonchev–Trinajstić information content (AvgIpc) is 2.58. The Morgan fingerprint density at radius 1 is 1.08 bits per heavy atom. The number of fused-ring (bicyclic) bond motifs is 1. The first kappa shape index (κ1) is 17.3. The fourth-order valence-electron chi connectivity index (χ4n) is 3.77. The van der Waals surface area contributed by atoms with Crippen LogP contribution in [0.15, 0.2) is 54.6 Å². The van der Waals surface area contributed by atoms with E-state index in [1.807, 2.05) is 48.5 Å². The molecule has 0 bridgehead atoms. The molecule has 0 atom stereocenters. The molecule has 0 amide bonds. The molecule has 1 fully saturated rings. The van der Waals surface area contributed by atoms with Crippen molar-refractivity contribution in [2.45, 2.75) is 18.8 Å². The van der Waals surface area contributed by atoms with Crippen LogP contribution in [-0.4, -0.2) is 30.5 Å². The first-order valence-electron chi connectivity index (χ1n) is 9.06. The van der Waals surface area contributed by atoms with Gasteiger partial charge in [-0.15, -0.1) is 0 Å². The highest BCUT2D eigenvalue weighted by Crippen LogP contribution is 2.45. The second kappa shape index (κ2) is 7.26. The smallest absolute Gasteiger partial charge is 0.219 e. The summed E-state index contributed by atoms with van der Waals surface area (Å²) in [4.78, 5) is 6.95. The molecule has 3 nitrogen and oxygen atoms in total. The lowest BCUT2D eigenvalue weighted by molar-refractivity contribution is 0.200. The summed E-state index contributed by atoms with van der Waals surface area (Å²) >= 11 is 6.56. The number of ether oxygens (including phenoxy) is 1. The van der Waals surface area contributed by atoms with Gasteiger partial charge in [-0.1, -0.05) is 29.8 Å². The summed E-state index contributed by atoms with van der Waals surface area (Å²) < 4.78 is 5.87. The third-order valence-corrected chi connectivity index (χ3v) is 5.37. The third kappa shape index (κ3) is 3.69. The van der Waals surface area contributed by atoms with Crippen LogP contribution in [0.2, 0.25) is 5.02 Å². The van der Waals surface area contributed by atoms with Crippen molar-refractivity contribution in [3.8, 4) is 11.6 Å². The van der Waals surface area contributed by atoms with Gasteiger partial charge < -0.3 is 9.64 Å². The standard InChI is InChI=1S/C22H23ClN2O/c1-25(2)14-15-10-17(11-15)19-13-21-16(12-20(19)23)8-9-22(24-21)26-18-6-4-3-5-7-18/h3-9,12-13,15,17H,10-11,14H2,1-2H3. The minimum atomic E-state index is 0.539. The molecule has 0 unspecified atom stereocenters. The van der Waals surface area contributed by atoms with E-state index in [-0.39, 0.29) is 0 Å². The molecule has 0 spiro atoms. The lowest BCUT2D eigenvalue weighted by atomic mass is 9.71. The minimum Gasteiger partial charge on any atom is -0.439 e. The molecule has 0 aliphatic heterocycles. The second-order valence-corrected chi connectivity index (χ2v) is 7.83. The van der Waals surface area contributed by atoms with Crippen molar-refractivity contribution in [3.05, 3.63) is 65.2 Å². The van der Waals surface area contributed by atoms with Crippen LogP contribution in [0.5, 0.6) is 11.6 Å². The highest BCUT2D eigenvalue weighted by molar-refractivity contribution is 6.32. The van der Waals surface area contributed by atoms with Gasteiger partial charge in [0.15, 0.2) is 0 Å². The first-order valence-corrected chi connectivity index (χ1v) is 9.44. The molecule has 26 heavy (non-hydrogen) atoms. The van der Waals surface area contributed by atoms with E-state index in [9.17, 15) is 0 Å². The number of pyridine rings is 1. The third-order valence-electron chi connectivity index (χ3n) is 5.05. The Morgan fingerprint density at radius 3 is 2.58 bits per heavy atom. The maximum absolute atomic E-state index is 6.56. The first-order chi connectivity index (χ1) is 12.6. The van der Waals surface area contributed by atoms with Gasteiger partial charge in [-0.25, -0.2) is 4.98 Å². The molecular formula is C22H23ClN2O. The van der Waals surface area contributed by atoms with E-state index in [2.05, 4.69) is 25.1 Å². The predicted molar refractivity (Wildman–Crippen MR) is 107 cm³/mol. The number of benzene rings is 2. The predicted octanol–water partition coefficient (Wildman–Crippen LogP) is 5.74. The Morgan fingerprint density at radius 2 is 1.85 bits per heavy atom. The molecule has 4 rings (SSSR count). The quantitative estimate of drug-likeness (QED) is 0.576. The zero-order valence-electron chi connectivity index (χ0n) is 15.2. The van der Waals surface area contributed by atoms with Crippen LogP contribution >= 0.6 is 11.6 Å². The zero-order chi connectivity index (χ0) is 18.1. The molecular weight excluding hydrogens is 344 g/mol. The van der Waals surface area contributed by atoms with Crippen molar-refractivity contribution in [2.24, 2.45) is 5.92 Å². The van der Waals surface area contributed by atoms with Crippen LogP contribution in [-0.2, 0) is 0 Å². The summed E-state index contributed by atoms with van der Waals surface area (Å²) in [5, 5.41) is 1.90. The number of para-hydroxylation sites is 1. The van der Waals surface area contributed by atoms with Crippen molar-refractivity contribution in [1.29, 1.82) is 0 Å². The van der Waals surface area contributed by atoms with Crippen molar-refractivity contribution in [1.82, 2.24) is 9.88 Å². The van der Waals surface area contributed by atoms with Gasteiger partial charge in [0, 0.05) is 23.0 Å². The van der Waals surface area contributed by atoms with Crippen molar-refractivity contribution in [2.75, 3.05) is 20.6 Å². The topological polar surface area (TPSA) is 25.4 Å². The van der Waals surface area contributed by atoms with Gasteiger partial charge in [-0.05, 0) is 74.7 Å². The fourth-order valence-corrected chi connectivity index (χ4v) is 4.10. The SMILES string of the molecule is CN(C)CC1CC(c2cc3nc(Oc4ccccc4)ccc3cc2Cl)C1. The second-order valence-electron chi connectivity index (χ2n) is 7.43. The van der Waals surface area contributed by atoms with E-state index in [1.165, 1.54) is 18.4 Å². The van der Waals surface area contributed by atoms with Gasteiger partial charge >= 0.3 is 0 Å². The zero-order valence-corrected chi connectivity index (χ0v) is 15.9. The Hall–Kier alpha value is -2.10. The summed E-state index contributed by atoms with van der Waals surface area (Å²) in [6.45, 7) is 1.15. The molecule has 0 saturated heterocycles. The highest BCUT2D eigenvalue weighted by atomic mass is 35.5. The monoisotopic (exact) mass is 366 g/mol. The van der Waals surface area contributed by atoms with Gasteiger partial charge in [0.1, 0.15) is 5.75 Å². The molecule has 1 aliphatic rings. The van der Waals surface area contributed by atoms with Crippen LogP contribution < -0.4 is 4.74 Å². The van der Waals surface area contributed by atoms with Gasteiger partial charge in [0.25, 0.3) is 0 Å². The van der Waals surface area contributed by atoms with Gasteiger partial charge in [-0.3, -0.25) is 0 Å². The molecule has 3 aromatic rings. The molecule has 1 saturated carbocycles. The Labute approximate surface area is 159 Å². The maximum atomic E-state index is 6.56. The average molecular weight is 367 g/mol. The summed E-state index contributed by atoms with van der Waals surface area (Å²) in [6.07, 6.45) is 2.40. The summed E-state index contributed by atoms with van der Waals surface area (Å²) in [5.74, 6) is 2.70. The van der Waals surface area contributed by atoms with Crippen molar-refractivity contribution in [3.63, 3.8) is 0 Å².